The van der Waals surface area contributed by atoms with E-state index in [4.69, 9.17) is 0 Å². The van der Waals surface area contributed by atoms with Crippen molar-refractivity contribution in [1.82, 2.24) is 20.9 Å². The molecule has 0 radical (unpaired) electrons. The molecule has 0 aromatic carbocycles. The summed E-state index contributed by atoms with van der Waals surface area (Å²) in [6.45, 7) is 4.13. The van der Waals surface area contributed by atoms with E-state index >= 15 is 0 Å². The van der Waals surface area contributed by atoms with E-state index in [0.717, 1.165) is 12.5 Å². The highest BCUT2D eigenvalue weighted by molar-refractivity contribution is 14.0. The fraction of sp³-hybridized carbons (Fsp3) is 0.800. The van der Waals surface area contributed by atoms with Crippen molar-refractivity contribution in [3.05, 3.63) is 0 Å². The Hall–Kier alpha value is -1.06. The van der Waals surface area contributed by atoms with Crippen LogP contribution in [0.1, 0.15) is 39.0 Å². The lowest BCUT2D eigenvalue weighted by Crippen LogP contribution is -2.46. The van der Waals surface area contributed by atoms with Gasteiger partial charge in [-0.1, -0.05) is 19.8 Å². The molecular formula is C15H28IN5O2. The summed E-state index contributed by atoms with van der Waals surface area (Å²) in [5.74, 6) is 0.553. The number of rotatable bonds is 6. The number of urea groups is 1. The Morgan fingerprint density at radius 1 is 1.30 bits per heavy atom. The summed E-state index contributed by atoms with van der Waals surface area (Å²) < 4.78 is 0. The van der Waals surface area contributed by atoms with Crippen LogP contribution in [0.4, 0.5) is 4.79 Å². The molecular weight excluding hydrogens is 409 g/mol. The van der Waals surface area contributed by atoms with E-state index in [0.29, 0.717) is 18.5 Å². The minimum absolute atomic E-state index is 0. The third-order valence-corrected chi connectivity index (χ3v) is 4.83. The van der Waals surface area contributed by atoms with Crippen LogP contribution in [0.2, 0.25) is 0 Å². The molecule has 2 fully saturated rings. The number of nitrogens with zero attached hydrogens (tertiary/aromatic N) is 2. The van der Waals surface area contributed by atoms with Crippen molar-refractivity contribution in [2.24, 2.45) is 10.4 Å². The molecule has 2 rings (SSSR count). The van der Waals surface area contributed by atoms with Gasteiger partial charge in [0.15, 0.2) is 5.96 Å². The van der Waals surface area contributed by atoms with Gasteiger partial charge in [0.05, 0.1) is 6.54 Å². The second-order valence-electron chi connectivity index (χ2n) is 6.12. The Bertz CT molecular complexity index is 433. The fourth-order valence-electron chi connectivity index (χ4n) is 3.24. The van der Waals surface area contributed by atoms with Crippen molar-refractivity contribution < 1.29 is 9.59 Å². The van der Waals surface area contributed by atoms with E-state index in [-0.39, 0.29) is 42.5 Å². The summed E-state index contributed by atoms with van der Waals surface area (Å²) in [4.78, 5) is 28.3. The SMILES string of the molecule is CCC1(CNC(=NC)NCCN2C(=O)CNC2=O)CCCC1.I. The first-order chi connectivity index (χ1) is 10.6. The van der Waals surface area contributed by atoms with Gasteiger partial charge < -0.3 is 16.0 Å². The molecule has 1 aliphatic carbocycles. The molecule has 1 aliphatic heterocycles. The fourth-order valence-corrected chi connectivity index (χ4v) is 3.24. The zero-order valence-electron chi connectivity index (χ0n) is 14.0. The average molecular weight is 437 g/mol. The maximum absolute atomic E-state index is 11.5. The van der Waals surface area contributed by atoms with Crippen LogP contribution in [-0.4, -0.2) is 56.0 Å². The van der Waals surface area contributed by atoms with E-state index in [9.17, 15) is 9.59 Å². The molecule has 0 aromatic heterocycles. The zero-order chi connectivity index (χ0) is 16.0. The van der Waals surface area contributed by atoms with Gasteiger partial charge in [-0.25, -0.2) is 4.79 Å². The normalized spacial score (nSPS) is 20.3. The lowest BCUT2D eigenvalue weighted by Gasteiger charge is -2.28. The monoisotopic (exact) mass is 437 g/mol. The maximum Gasteiger partial charge on any atom is 0.324 e. The number of aliphatic imine (C=N–C) groups is 1. The Labute approximate surface area is 155 Å². The third kappa shape index (κ3) is 5.22. The van der Waals surface area contributed by atoms with E-state index in [1.165, 1.54) is 37.0 Å². The number of imide groups is 1. The number of carbonyl (C=O) groups excluding carboxylic acids is 2. The van der Waals surface area contributed by atoms with Crippen LogP contribution in [0.15, 0.2) is 4.99 Å². The summed E-state index contributed by atoms with van der Waals surface area (Å²) in [7, 11) is 1.73. The lowest BCUT2D eigenvalue weighted by molar-refractivity contribution is -0.124. The van der Waals surface area contributed by atoms with Crippen LogP contribution in [0.5, 0.6) is 0 Å². The molecule has 3 N–H and O–H groups in total. The molecule has 1 heterocycles. The Kier molecular flexibility index (Phi) is 8.07. The van der Waals surface area contributed by atoms with Crippen molar-refractivity contribution in [3.8, 4) is 0 Å². The van der Waals surface area contributed by atoms with Gasteiger partial charge in [-0.15, -0.1) is 24.0 Å². The van der Waals surface area contributed by atoms with Crippen molar-refractivity contribution in [1.29, 1.82) is 0 Å². The average Bonchev–Trinajstić information content (AvgIpc) is 3.12. The molecule has 0 aromatic rings. The number of hydrogen-bond donors (Lipinski definition) is 3. The highest BCUT2D eigenvalue weighted by Crippen LogP contribution is 2.40. The number of carbonyl (C=O) groups is 2. The van der Waals surface area contributed by atoms with Crippen LogP contribution < -0.4 is 16.0 Å². The first-order valence-corrected chi connectivity index (χ1v) is 8.13. The van der Waals surface area contributed by atoms with Crippen LogP contribution in [0, 0.1) is 5.41 Å². The Balaban J connectivity index is 0.00000264. The highest BCUT2D eigenvalue weighted by atomic mass is 127. The third-order valence-electron chi connectivity index (χ3n) is 4.83. The first kappa shape index (κ1) is 20.0. The lowest BCUT2D eigenvalue weighted by atomic mass is 9.83. The largest absolute Gasteiger partial charge is 0.356 e. The second-order valence-corrected chi connectivity index (χ2v) is 6.12. The van der Waals surface area contributed by atoms with Gasteiger partial charge in [-0.2, -0.15) is 0 Å². The Morgan fingerprint density at radius 3 is 2.52 bits per heavy atom. The topological polar surface area (TPSA) is 85.8 Å². The van der Waals surface area contributed by atoms with Crippen LogP contribution in [0.3, 0.4) is 0 Å². The van der Waals surface area contributed by atoms with Crippen molar-refractivity contribution in [2.45, 2.75) is 39.0 Å². The van der Waals surface area contributed by atoms with Gasteiger partial charge in [0.2, 0.25) is 5.91 Å². The summed E-state index contributed by atoms with van der Waals surface area (Å²) in [6.07, 6.45) is 6.35. The minimum atomic E-state index is -0.314. The number of nitrogens with one attached hydrogen (secondary N) is 3. The minimum Gasteiger partial charge on any atom is -0.356 e. The molecule has 0 unspecified atom stereocenters. The number of halogens is 1. The molecule has 23 heavy (non-hydrogen) atoms. The smallest absolute Gasteiger partial charge is 0.324 e. The number of guanidine groups is 1. The zero-order valence-corrected chi connectivity index (χ0v) is 16.3. The van der Waals surface area contributed by atoms with Gasteiger partial charge in [0.1, 0.15) is 0 Å². The molecule has 3 amide bonds. The van der Waals surface area contributed by atoms with E-state index in [1.807, 2.05) is 0 Å². The summed E-state index contributed by atoms with van der Waals surface area (Å²) in [6, 6.07) is -0.314. The molecule has 1 saturated carbocycles. The van der Waals surface area contributed by atoms with Gasteiger partial charge in [-0.3, -0.25) is 14.7 Å². The molecule has 8 heteroatoms. The maximum atomic E-state index is 11.5. The summed E-state index contributed by atoms with van der Waals surface area (Å²) >= 11 is 0. The van der Waals surface area contributed by atoms with Crippen LogP contribution in [0.25, 0.3) is 0 Å². The van der Waals surface area contributed by atoms with E-state index in [2.05, 4.69) is 27.9 Å². The van der Waals surface area contributed by atoms with Crippen molar-refractivity contribution in [2.75, 3.05) is 33.2 Å². The van der Waals surface area contributed by atoms with Gasteiger partial charge in [-0.05, 0) is 24.7 Å². The summed E-state index contributed by atoms with van der Waals surface area (Å²) in [5.41, 5.74) is 0.391. The van der Waals surface area contributed by atoms with Gasteiger partial charge in [0, 0.05) is 26.7 Å². The van der Waals surface area contributed by atoms with Crippen molar-refractivity contribution in [3.63, 3.8) is 0 Å². The molecule has 1 saturated heterocycles. The predicted molar refractivity (Wildman–Crippen MR) is 101 cm³/mol. The molecule has 132 valence electrons. The highest BCUT2D eigenvalue weighted by Gasteiger charge is 2.32. The van der Waals surface area contributed by atoms with Crippen LogP contribution in [-0.2, 0) is 4.79 Å². The molecule has 7 nitrogen and oxygen atoms in total. The summed E-state index contributed by atoms with van der Waals surface area (Å²) in [5, 5.41) is 9.06. The first-order valence-electron chi connectivity index (χ1n) is 8.13. The quantitative estimate of drug-likeness (QED) is 0.253. The standard InChI is InChI=1S/C15H27N5O2.HI/c1-3-15(6-4-5-7-15)11-19-13(16-2)17-8-9-20-12(21)10-18-14(20)22;/h3-11H2,1-2H3,(H,18,22)(H2,16,17,19);1H. The van der Waals surface area contributed by atoms with Gasteiger partial charge in [0.25, 0.3) is 0 Å². The second kappa shape index (κ2) is 9.29. The number of hydrogen-bond acceptors (Lipinski definition) is 3. The molecule has 0 spiro atoms. The van der Waals surface area contributed by atoms with Crippen molar-refractivity contribution >= 4 is 41.9 Å². The van der Waals surface area contributed by atoms with E-state index < -0.39 is 0 Å². The van der Waals surface area contributed by atoms with E-state index in [1.54, 1.807) is 7.05 Å². The molecule has 0 atom stereocenters. The Morgan fingerprint density at radius 2 is 2.00 bits per heavy atom. The number of amides is 3. The van der Waals surface area contributed by atoms with Crippen LogP contribution >= 0.6 is 24.0 Å². The predicted octanol–water partition coefficient (Wildman–Crippen LogP) is 1.29. The molecule has 0 bridgehead atoms. The molecule has 2 aliphatic rings. The van der Waals surface area contributed by atoms with Gasteiger partial charge >= 0.3 is 6.03 Å².